The number of hydrogen-bond donors (Lipinski definition) is 1. The number of nitrogens with zero attached hydrogens (tertiary/aromatic N) is 1. The van der Waals surface area contributed by atoms with Crippen LogP contribution in [0.1, 0.15) is 12.5 Å². The van der Waals surface area contributed by atoms with Crippen molar-refractivity contribution in [3.05, 3.63) is 35.9 Å². The SMILES string of the molecule is C[C@@H]1[C@H](Br)C(=O)NC(=O)N1Cc1ccccc1. The van der Waals surface area contributed by atoms with Gasteiger partial charge in [-0.3, -0.25) is 10.1 Å². The Bertz CT molecular complexity index is 435. The van der Waals surface area contributed by atoms with Crippen LogP contribution < -0.4 is 5.32 Å². The molecule has 1 aromatic carbocycles. The average Bonchev–Trinajstić information content (AvgIpc) is 2.33. The van der Waals surface area contributed by atoms with Crippen molar-refractivity contribution in [3.8, 4) is 0 Å². The van der Waals surface area contributed by atoms with Crippen molar-refractivity contribution in [1.82, 2.24) is 10.2 Å². The lowest BCUT2D eigenvalue weighted by molar-refractivity contribution is -0.121. The third kappa shape index (κ3) is 2.49. The molecule has 0 saturated carbocycles. The minimum atomic E-state index is -0.357. The summed E-state index contributed by atoms with van der Waals surface area (Å²) in [6.07, 6.45) is 0. The third-order valence-electron chi connectivity index (χ3n) is 2.85. The zero-order valence-electron chi connectivity index (χ0n) is 9.39. The Morgan fingerprint density at radius 2 is 1.94 bits per heavy atom. The maximum Gasteiger partial charge on any atom is 0.324 e. The number of hydrogen-bond acceptors (Lipinski definition) is 2. The zero-order chi connectivity index (χ0) is 12.4. The molecule has 2 rings (SSSR count). The molecule has 0 bridgehead atoms. The van der Waals surface area contributed by atoms with Gasteiger partial charge in [0.2, 0.25) is 5.91 Å². The Kier molecular flexibility index (Phi) is 3.47. The Morgan fingerprint density at radius 3 is 2.59 bits per heavy atom. The van der Waals surface area contributed by atoms with Gasteiger partial charge in [0.1, 0.15) is 4.83 Å². The second-order valence-corrected chi connectivity index (χ2v) is 5.04. The largest absolute Gasteiger partial charge is 0.324 e. The maximum absolute atomic E-state index is 11.7. The Hall–Kier alpha value is -1.36. The van der Waals surface area contributed by atoms with Gasteiger partial charge in [-0.1, -0.05) is 46.3 Å². The van der Waals surface area contributed by atoms with Crippen molar-refractivity contribution in [3.63, 3.8) is 0 Å². The first-order chi connectivity index (χ1) is 8.09. The topological polar surface area (TPSA) is 49.4 Å². The molecule has 1 aliphatic heterocycles. The number of alkyl halides is 1. The van der Waals surface area contributed by atoms with E-state index in [1.807, 2.05) is 37.3 Å². The summed E-state index contributed by atoms with van der Waals surface area (Å²) in [7, 11) is 0. The van der Waals surface area contributed by atoms with E-state index in [-0.39, 0.29) is 22.8 Å². The molecular formula is C12H13BrN2O2. The fourth-order valence-corrected chi connectivity index (χ4v) is 2.20. The molecule has 0 spiro atoms. The highest BCUT2D eigenvalue weighted by Crippen LogP contribution is 2.19. The van der Waals surface area contributed by atoms with Crippen molar-refractivity contribution in [2.24, 2.45) is 0 Å². The van der Waals surface area contributed by atoms with E-state index >= 15 is 0 Å². The monoisotopic (exact) mass is 296 g/mol. The molecule has 0 aliphatic carbocycles. The van der Waals surface area contributed by atoms with Crippen molar-refractivity contribution < 1.29 is 9.59 Å². The standard InChI is InChI=1S/C12H13BrN2O2/c1-8-10(13)11(16)14-12(17)15(8)7-9-5-3-2-4-6-9/h2-6,8,10H,7H2,1H3,(H,14,16,17)/t8-,10+/m1/s1. The van der Waals surface area contributed by atoms with Crippen molar-refractivity contribution >= 4 is 27.9 Å². The molecule has 2 atom stereocenters. The van der Waals surface area contributed by atoms with Crippen LogP contribution in [0.4, 0.5) is 4.79 Å². The van der Waals surface area contributed by atoms with Crippen LogP contribution in [0.15, 0.2) is 30.3 Å². The molecule has 1 aromatic rings. The van der Waals surface area contributed by atoms with Crippen LogP contribution >= 0.6 is 15.9 Å². The number of urea groups is 1. The number of carbonyl (C=O) groups excluding carboxylic acids is 2. The van der Waals surface area contributed by atoms with Gasteiger partial charge in [0.25, 0.3) is 0 Å². The van der Waals surface area contributed by atoms with Crippen LogP contribution in [0.2, 0.25) is 0 Å². The van der Waals surface area contributed by atoms with Crippen molar-refractivity contribution in [2.75, 3.05) is 0 Å². The van der Waals surface area contributed by atoms with E-state index in [0.29, 0.717) is 6.54 Å². The van der Waals surface area contributed by atoms with E-state index < -0.39 is 0 Å². The number of amides is 3. The van der Waals surface area contributed by atoms with Gasteiger partial charge in [0.15, 0.2) is 0 Å². The van der Waals surface area contributed by atoms with Crippen LogP contribution in [-0.4, -0.2) is 27.7 Å². The van der Waals surface area contributed by atoms with Crippen molar-refractivity contribution in [1.29, 1.82) is 0 Å². The lowest BCUT2D eigenvalue weighted by Crippen LogP contribution is -2.59. The number of benzene rings is 1. The molecule has 17 heavy (non-hydrogen) atoms. The Labute approximate surface area is 108 Å². The van der Waals surface area contributed by atoms with Crippen LogP contribution in [0.25, 0.3) is 0 Å². The molecule has 90 valence electrons. The molecule has 5 heteroatoms. The summed E-state index contributed by atoms with van der Waals surface area (Å²) in [5.74, 6) is -0.271. The fraction of sp³-hybridized carbons (Fsp3) is 0.333. The second-order valence-electron chi connectivity index (χ2n) is 4.05. The third-order valence-corrected chi connectivity index (χ3v) is 4.03. The molecule has 4 nitrogen and oxygen atoms in total. The summed E-state index contributed by atoms with van der Waals surface area (Å²) in [4.78, 5) is 24.4. The van der Waals surface area contributed by atoms with Crippen LogP contribution in [0, 0.1) is 0 Å². The summed E-state index contributed by atoms with van der Waals surface area (Å²) in [6, 6.07) is 9.22. The highest BCUT2D eigenvalue weighted by atomic mass is 79.9. The summed E-state index contributed by atoms with van der Waals surface area (Å²) in [5, 5.41) is 2.33. The summed E-state index contributed by atoms with van der Waals surface area (Å²) in [6.45, 7) is 2.36. The van der Waals surface area contributed by atoms with E-state index in [1.165, 1.54) is 0 Å². The van der Waals surface area contributed by atoms with Gasteiger partial charge in [0.05, 0.1) is 6.04 Å². The quantitative estimate of drug-likeness (QED) is 0.848. The van der Waals surface area contributed by atoms with Crippen LogP contribution in [0.3, 0.4) is 0 Å². The molecule has 1 fully saturated rings. The van der Waals surface area contributed by atoms with E-state index in [2.05, 4.69) is 21.2 Å². The van der Waals surface area contributed by atoms with Crippen LogP contribution in [0.5, 0.6) is 0 Å². The maximum atomic E-state index is 11.7. The van der Waals surface area contributed by atoms with Crippen LogP contribution in [-0.2, 0) is 11.3 Å². The Morgan fingerprint density at radius 1 is 1.29 bits per heavy atom. The molecule has 3 amide bonds. The van der Waals surface area contributed by atoms with Crippen molar-refractivity contribution in [2.45, 2.75) is 24.3 Å². The number of rotatable bonds is 2. The highest BCUT2D eigenvalue weighted by molar-refractivity contribution is 9.10. The van der Waals surface area contributed by atoms with E-state index in [1.54, 1.807) is 4.90 Å². The minimum Gasteiger partial charge on any atom is -0.316 e. The van der Waals surface area contributed by atoms with Gasteiger partial charge in [0, 0.05) is 6.54 Å². The molecule has 0 radical (unpaired) electrons. The van der Waals surface area contributed by atoms with E-state index in [0.717, 1.165) is 5.56 Å². The second kappa shape index (κ2) is 4.87. The predicted octanol–water partition coefficient (Wildman–Crippen LogP) is 1.89. The molecule has 1 aliphatic rings. The highest BCUT2D eigenvalue weighted by Gasteiger charge is 2.36. The predicted molar refractivity (Wildman–Crippen MR) is 67.7 cm³/mol. The number of carbonyl (C=O) groups is 2. The lowest BCUT2D eigenvalue weighted by Gasteiger charge is -2.36. The molecule has 1 heterocycles. The zero-order valence-corrected chi connectivity index (χ0v) is 11.0. The first-order valence-electron chi connectivity index (χ1n) is 5.39. The van der Waals surface area contributed by atoms with Gasteiger partial charge in [-0.25, -0.2) is 4.79 Å². The van der Waals surface area contributed by atoms with Gasteiger partial charge >= 0.3 is 6.03 Å². The molecule has 1 saturated heterocycles. The average molecular weight is 297 g/mol. The summed E-state index contributed by atoms with van der Waals surface area (Å²) in [5.41, 5.74) is 1.04. The minimum absolute atomic E-state index is 0.156. The molecular weight excluding hydrogens is 284 g/mol. The van der Waals surface area contributed by atoms with Gasteiger partial charge in [-0.2, -0.15) is 0 Å². The molecule has 1 N–H and O–H groups in total. The molecule has 0 unspecified atom stereocenters. The molecule has 0 aromatic heterocycles. The first-order valence-corrected chi connectivity index (χ1v) is 6.30. The number of imide groups is 1. The van der Waals surface area contributed by atoms with Gasteiger partial charge in [-0.15, -0.1) is 0 Å². The smallest absolute Gasteiger partial charge is 0.316 e. The van der Waals surface area contributed by atoms with Gasteiger partial charge < -0.3 is 4.90 Å². The van der Waals surface area contributed by atoms with E-state index in [9.17, 15) is 9.59 Å². The Balaban J connectivity index is 2.15. The number of halogens is 1. The number of nitrogens with one attached hydrogen (secondary N) is 1. The normalized spacial score (nSPS) is 24.7. The fourth-order valence-electron chi connectivity index (χ4n) is 1.80. The summed E-state index contributed by atoms with van der Waals surface area (Å²) >= 11 is 3.29. The first kappa shape index (κ1) is 12.1. The lowest BCUT2D eigenvalue weighted by atomic mass is 10.1. The van der Waals surface area contributed by atoms with Gasteiger partial charge in [-0.05, 0) is 12.5 Å². The summed E-state index contributed by atoms with van der Waals surface area (Å²) < 4.78 is 0. The van der Waals surface area contributed by atoms with E-state index in [4.69, 9.17) is 0 Å².